The molecule has 2 atom stereocenters. The molecule has 2 aromatic heterocycles. The minimum atomic E-state index is -1.32. The molecular weight excluding hydrogens is 871 g/mol. The second kappa shape index (κ2) is 17.6. The molecule has 0 radical (unpaired) electrons. The van der Waals surface area contributed by atoms with Crippen LogP contribution >= 0.6 is 23.2 Å². The zero-order chi connectivity index (χ0) is 45.9. The molecule has 0 unspecified atom stereocenters. The van der Waals surface area contributed by atoms with Crippen LogP contribution in [0.1, 0.15) is 84.5 Å². The first-order valence-corrected chi connectivity index (χ1v) is 21.9. The molecule has 0 bridgehead atoms. The summed E-state index contributed by atoms with van der Waals surface area (Å²) in [7, 11) is 1.64. The molecule has 4 aromatic rings. The monoisotopic (exact) mass is 922 g/mol. The number of rotatable bonds is 17. The highest BCUT2D eigenvalue weighted by Gasteiger charge is 2.42. The molecule has 1 saturated heterocycles. The van der Waals surface area contributed by atoms with Crippen LogP contribution in [0.5, 0.6) is 11.5 Å². The van der Waals surface area contributed by atoms with Crippen molar-refractivity contribution < 1.29 is 53.6 Å². The van der Waals surface area contributed by atoms with Crippen molar-refractivity contribution in [3.63, 3.8) is 0 Å². The van der Waals surface area contributed by atoms with Crippen LogP contribution in [0.15, 0.2) is 58.4 Å². The number of benzene rings is 2. The van der Waals surface area contributed by atoms with Crippen molar-refractivity contribution in [2.24, 2.45) is 22.2 Å². The highest BCUT2D eigenvalue weighted by Crippen LogP contribution is 2.48. The van der Waals surface area contributed by atoms with Crippen LogP contribution in [-0.4, -0.2) is 95.9 Å². The van der Waals surface area contributed by atoms with Crippen LogP contribution < -0.4 is 20.3 Å². The fraction of sp³-hybridized carbons (Fsp3) is 0.489. The Morgan fingerprint density at radius 2 is 1.30 bits per heavy atom. The first kappa shape index (κ1) is 45.8. The molecule has 3 N–H and O–H groups in total. The molecule has 17 heteroatoms. The van der Waals surface area contributed by atoms with Gasteiger partial charge in [0.1, 0.15) is 29.2 Å². The molecule has 0 spiro atoms. The minimum absolute atomic E-state index is 0.154. The second-order valence-corrected chi connectivity index (χ2v) is 19.9. The molecule has 1 saturated carbocycles. The van der Waals surface area contributed by atoms with Gasteiger partial charge in [0.15, 0.2) is 10.9 Å². The van der Waals surface area contributed by atoms with Crippen LogP contribution in [0.25, 0.3) is 22.5 Å². The van der Waals surface area contributed by atoms with E-state index < -0.39 is 33.6 Å². The van der Waals surface area contributed by atoms with Gasteiger partial charge in [-0.3, -0.25) is 9.59 Å². The quantitative estimate of drug-likeness (QED) is 0.0716. The van der Waals surface area contributed by atoms with E-state index in [0.717, 1.165) is 11.1 Å². The van der Waals surface area contributed by atoms with Crippen LogP contribution in [0.4, 0.5) is 0 Å². The van der Waals surface area contributed by atoms with Crippen molar-refractivity contribution >= 4 is 35.1 Å². The van der Waals surface area contributed by atoms with E-state index in [0.29, 0.717) is 103 Å². The van der Waals surface area contributed by atoms with E-state index in [1.54, 1.807) is 23.8 Å². The minimum Gasteiger partial charge on any atom is -0.492 e. The van der Waals surface area contributed by atoms with Crippen molar-refractivity contribution in [2.45, 2.75) is 71.6 Å². The van der Waals surface area contributed by atoms with E-state index in [1.165, 1.54) is 24.5 Å². The van der Waals surface area contributed by atoms with E-state index in [4.69, 9.17) is 51.9 Å². The Morgan fingerprint density at radius 3 is 1.77 bits per heavy atom. The Morgan fingerprint density at radius 1 is 0.781 bits per heavy atom. The Hall–Kier alpha value is -4.74. The van der Waals surface area contributed by atoms with E-state index in [1.807, 2.05) is 44.4 Å². The topological polar surface area (TPSA) is 194 Å². The predicted molar refractivity (Wildman–Crippen MR) is 236 cm³/mol. The van der Waals surface area contributed by atoms with Crippen molar-refractivity contribution in [1.82, 2.24) is 9.13 Å². The fourth-order valence-electron chi connectivity index (χ4n) is 9.23. The number of hydrogen-bond acceptors (Lipinski definition) is 11. The average molecular weight is 924 g/mol. The average Bonchev–Trinajstić information content (AvgIpc) is 3.21. The maximum Gasteiger partial charge on any atom is 0.341 e. The van der Waals surface area contributed by atoms with Crippen LogP contribution in [-0.2, 0) is 32.1 Å². The molecule has 5 heterocycles. The van der Waals surface area contributed by atoms with Gasteiger partial charge in [-0.1, -0.05) is 50.9 Å². The number of carboxylic acids is 2. The lowest BCUT2D eigenvalue weighted by atomic mass is 9.78. The molecule has 342 valence electrons. The van der Waals surface area contributed by atoms with Crippen molar-refractivity contribution in [3.05, 3.63) is 102 Å². The summed E-state index contributed by atoms with van der Waals surface area (Å²) in [6.45, 7) is 9.99. The number of carbonyl (C=O) groups is 2. The van der Waals surface area contributed by atoms with Gasteiger partial charge >= 0.3 is 11.9 Å². The lowest BCUT2D eigenvalue weighted by Gasteiger charge is -2.42. The highest BCUT2D eigenvalue weighted by molar-refractivity contribution is 6.32. The molecule has 2 fully saturated rings. The molecule has 4 aliphatic rings. The van der Waals surface area contributed by atoms with Crippen molar-refractivity contribution in [3.8, 4) is 34.0 Å². The van der Waals surface area contributed by atoms with Crippen LogP contribution in [0.3, 0.4) is 0 Å². The lowest BCUT2D eigenvalue weighted by Crippen LogP contribution is -2.50. The number of nitrogens with zero attached hydrogens (tertiary/aromatic N) is 2. The zero-order valence-electron chi connectivity index (χ0n) is 36.3. The fourth-order valence-corrected chi connectivity index (χ4v) is 9.67. The molecule has 2 aromatic carbocycles. The largest absolute Gasteiger partial charge is 0.492 e. The van der Waals surface area contributed by atoms with Crippen molar-refractivity contribution in [2.75, 3.05) is 53.4 Å². The number of halogens is 2. The number of aromatic carboxylic acids is 2. The summed E-state index contributed by atoms with van der Waals surface area (Å²) >= 11 is 13.5. The van der Waals surface area contributed by atoms with Gasteiger partial charge in [-0.25, -0.2) is 19.4 Å². The number of carboxylic acid groups (broad SMARTS) is 2. The Bertz CT molecular complexity index is 2610. The molecular formula is C47H52Cl2N2O13. The maximum absolute atomic E-state index is 13.0. The number of aromatic nitrogens is 2. The van der Waals surface area contributed by atoms with E-state index in [2.05, 4.69) is 0 Å². The second-order valence-electron chi connectivity index (χ2n) is 19.1. The number of aliphatic hydroxyl groups is 1. The molecule has 3 aliphatic heterocycles. The van der Waals surface area contributed by atoms with Gasteiger partial charge in [-0.05, 0) is 67.0 Å². The molecule has 8 rings (SSSR count). The number of ether oxygens (including phenoxy) is 4. The molecule has 0 amide bonds. The van der Waals surface area contributed by atoms with E-state index in [-0.39, 0.29) is 53.9 Å². The summed E-state index contributed by atoms with van der Waals surface area (Å²) < 4.78 is 26.9. The number of pyridine rings is 2. The SMILES string of the molecule is COCC1(COc2cc3c(cc2Cl)-c2cc(=O)c(C(=O)O)cn2[C@H](C(C)(C)COOC2CC(COc4cc5c(cc4Cl)-c4cc(=O)c(C(=O)O)cn4[C@H](C(C)(C)CO)C5)C2)C3)COC1. The van der Waals surface area contributed by atoms with Gasteiger partial charge in [0, 0.05) is 65.7 Å². The summed E-state index contributed by atoms with van der Waals surface area (Å²) in [5, 5.41) is 30.5. The van der Waals surface area contributed by atoms with E-state index >= 15 is 0 Å². The summed E-state index contributed by atoms with van der Waals surface area (Å²) in [6, 6.07) is 9.20. The lowest BCUT2D eigenvalue weighted by molar-refractivity contribution is -0.355. The summed E-state index contributed by atoms with van der Waals surface area (Å²) in [4.78, 5) is 61.6. The van der Waals surface area contributed by atoms with Crippen LogP contribution in [0, 0.1) is 22.2 Å². The summed E-state index contributed by atoms with van der Waals surface area (Å²) in [6.07, 6.45) is 4.82. The Kier molecular flexibility index (Phi) is 12.6. The summed E-state index contributed by atoms with van der Waals surface area (Å²) in [5.74, 6) is -1.51. The zero-order valence-corrected chi connectivity index (χ0v) is 37.8. The van der Waals surface area contributed by atoms with Gasteiger partial charge in [0.05, 0.1) is 72.6 Å². The maximum atomic E-state index is 13.0. The Balaban J connectivity index is 0.914. The highest BCUT2D eigenvalue weighted by atomic mass is 35.5. The normalized spacial score (nSPS) is 20.8. The number of methoxy groups -OCH3 is 1. The van der Waals surface area contributed by atoms with Crippen LogP contribution in [0.2, 0.25) is 10.0 Å². The van der Waals surface area contributed by atoms with Crippen molar-refractivity contribution in [1.29, 1.82) is 0 Å². The summed E-state index contributed by atoms with van der Waals surface area (Å²) in [5.41, 5.74) is 0.751. The van der Waals surface area contributed by atoms with Gasteiger partial charge in [-0.15, -0.1) is 0 Å². The Labute approximate surface area is 379 Å². The molecule has 64 heavy (non-hydrogen) atoms. The van der Waals surface area contributed by atoms with Gasteiger partial charge < -0.3 is 43.4 Å². The third-order valence-electron chi connectivity index (χ3n) is 13.3. The third kappa shape index (κ3) is 8.71. The smallest absolute Gasteiger partial charge is 0.341 e. The number of fused-ring (bicyclic) bond motifs is 6. The van der Waals surface area contributed by atoms with Gasteiger partial charge in [0.2, 0.25) is 0 Å². The number of aliphatic hydroxyl groups excluding tert-OH is 1. The predicted octanol–water partition coefficient (Wildman–Crippen LogP) is 7.13. The first-order valence-electron chi connectivity index (χ1n) is 21.2. The third-order valence-corrected chi connectivity index (χ3v) is 13.9. The number of hydrogen-bond donors (Lipinski definition) is 3. The molecule has 15 nitrogen and oxygen atoms in total. The van der Waals surface area contributed by atoms with Gasteiger partial charge in [0.25, 0.3) is 0 Å². The standard InChI is InChI=1S/C47H52Cl2N2O13/c1-45(2,19-52)41-10-26-8-39(33(48)12-29(26)35-14-37(53)31(43(55)56)16-50(35)41)61-18-25-6-28(7-25)64-63-20-46(3,4)42-11-27-9-40(62-24-47(21-59-5)22-60-23-47)34(49)13-30(27)36-15-38(54)32(44(57)58)17-51(36)42/h8-9,12-17,25,28,41-42,52H,6-7,10-11,18-24H2,1-5H3,(H,55,56)(H,57,58)/t25?,28?,41-,42-/m0/s1. The van der Waals surface area contributed by atoms with Gasteiger partial charge in [-0.2, -0.15) is 0 Å². The molecule has 1 aliphatic carbocycles. The first-order chi connectivity index (χ1) is 30.3. The van der Waals surface area contributed by atoms with E-state index in [9.17, 15) is 34.5 Å².